The third-order valence-electron chi connectivity index (χ3n) is 4.16. The number of carbonyl (C=O) groups excluding carboxylic acids is 1. The normalized spacial score (nSPS) is 15.5. The molecular weight excluding hydrogens is 356 g/mol. The van der Waals surface area contributed by atoms with Crippen molar-refractivity contribution >= 4 is 27.3 Å². The first-order chi connectivity index (χ1) is 12.4. The fourth-order valence-electron chi connectivity index (χ4n) is 2.83. The Kier molecular flexibility index (Phi) is 5.03. The molecule has 7 nitrogen and oxygen atoms in total. The molecule has 0 aromatic heterocycles. The monoisotopic (exact) mass is 376 g/mol. The number of hydrogen-bond acceptors (Lipinski definition) is 5. The third kappa shape index (κ3) is 3.60. The van der Waals surface area contributed by atoms with Crippen LogP contribution in [0.3, 0.4) is 0 Å². The quantitative estimate of drug-likeness (QED) is 0.867. The molecule has 26 heavy (non-hydrogen) atoms. The molecular formula is C18H20N2O5S. The highest BCUT2D eigenvalue weighted by atomic mass is 32.2. The second-order valence-corrected chi connectivity index (χ2v) is 7.83. The van der Waals surface area contributed by atoms with Gasteiger partial charge in [-0.2, -0.15) is 0 Å². The number of nitrogens with one attached hydrogen (secondary N) is 1. The van der Waals surface area contributed by atoms with Crippen LogP contribution in [-0.4, -0.2) is 40.8 Å². The molecule has 2 aromatic rings. The number of amides is 1. The van der Waals surface area contributed by atoms with Gasteiger partial charge in [0.05, 0.1) is 25.7 Å². The maximum atomic E-state index is 12.4. The van der Waals surface area contributed by atoms with Gasteiger partial charge in [-0.15, -0.1) is 0 Å². The Hall–Kier alpha value is -2.74. The van der Waals surface area contributed by atoms with E-state index in [2.05, 4.69) is 5.32 Å². The van der Waals surface area contributed by atoms with Gasteiger partial charge in [0, 0.05) is 23.9 Å². The number of methoxy groups -OCH3 is 2. The van der Waals surface area contributed by atoms with Gasteiger partial charge in [-0.05, 0) is 42.8 Å². The van der Waals surface area contributed by atoms with Crippen molar-refractivity contribution in [3.8, 4) is 11.5 Å². The van der Waals surface area contributed by atoms with Crippen LogP contribution in [0.2, 0.25) is 0 Å². The summed E-state index contributed by atoms with van der Waals surface area (Å²) in [6, 6.07) is 11.6. The highest BCUT2D eigenvalue weighted by Crippen LogP contribution is 2.30. The first-order valence-electron chi connectivity index (χ1n) is 8.08. The first-order valence-corrected chi connectivity index (χ1v) is 9.69. The molecule has 1 fully saturated rings. The van der Waals surface area contributed by atoms with Crippen LogP contribution in [-0.2, 0) is 10.0 Å². The molecule has 3 rings (SSSR count). The van der Waals surface area contributed by atoms with Gasteiger partial charge in [0.25, 0.3) is 5.91 Å². The van der Waals surface area contributed by atoms with E-state index in [1.807, 2.05) is 0 Å². The Bertz CT molecular complexity index is 910. The maximum Gasteiger partial charge on any atom is 0.255 e. The molecule has 1 aliphatic heterocycles. The number of hydrogen-bond donors (Lipinski definition) is 1. The lowest BCUT2D eigenvalue weighted by molar-refractivity contribution is 0.102. The summed E-state index contributed by atoms with van der Waals surface area (Å²) in [5.41, 5.74) is 1.57. The smallest absolute Gasteiger partial charge is 0.255 e. The zero-order chi connectivity index (χ0) is 18.7. The molecule has 1 heterocycles. The van der Waals surface area contributed by atoms with E-state index in [9.17, 15) is 13.2 Å². The molecule has 0 radical (unpaired) electrons. The minimum absolute atomic E-state index is 0.161. The molecule has 0 spiro atoms. The zero-order valence-electron chi connectivity index (χ0n) is 14.6. The summed E-state index contributed by atoms with van der Waals surface area (Å²) in [5.74, 6) is 0.948. The average Bonchev–Trinajstić information content (AvgIpc) is 3.00. The SMILES string of the molecule is COc1ccc(NC(=O)c2ccc(N3CCCS3(=O)=O)cc2)cc1OC. The van der Waals surface area contributed by atoms with Crippen LogP contribution >= 0.6 is 0 Å². The fourth-order valence-corrected chi connectivity index (χ4v) is 4.39. The Morgan fingerprint density at radius 1 is 1.04 bits per heavy atom. The second kappa shape index (κ2) is 7.25. The molecule has 138 valence electrons. The van der Waals surface area contributed by atoms with E-state index in [1.165, 1.54) is 18.5 Å². The predicted octanol–water partition coefficient (Wildman–Crippen LogP) is 2.50. The summed E-state index contributed by atoms with van der Waals surface area (Å²) >= 11 is 0. The summed E-state index contributed by atoms with van der Waals surface area (Å²) in [6.07, 6.45) is 0.615. The molecule has 0 aliphatic carbocycles. The van der Waals surface area contributed by atoms with Crippen molar-refractivity contribution < 1.29 is 22.7 Å². The van der Waals surface area contributed by atoms with E-state index < -0.39 is 10.0 Å². The van der Waals surface area contributed by atoms with Gasteiger partial charge in [-0.3, -0.25) is 9.10 Å². The van der Waals surface area contributed by atoms with Crippen molar-refractivity contribution in [1.29, 1.82) is 0 Å². The van der Waals surface area contributed by atoms with Crippen molar-refractivity contribution in [3.05, 3.63) is 48.0 Å². The summed E-state index contributed by atoms with van der Waals surface area (Å²) in [5, 5.41) is 2.78. The van der Waals surface area contributed by atoms with Crippen LogP contribution in [0.25, 0.3) is 0 Å². The molecule has 0 unspecified atom stereocenters. The van der Waals surface area contributed by atoms with Crippen molar-refractivity contribution in [3.63, 3.8) is 0 Å². The van der Waals surface area contributed by atoms with E-state index in [4.69, 9.17) is 9.47 Å². The second-order valence-electron chi connectivity index (χ2n) is 5.81. The highest BCUT2D eigenvalue weighted by Gasteiger charge is 2.28. The van der Waals surface area contributed by atoms with Gasteiger partial charge in [0.1, 0.15) is 0 Å². The van der Waals surface area contributed by atoms with Crippen molar-refractivity contribution in [2.45, 2.75) is 6.42 Å². The lowest BCUT2D eigenvalue weighted by Gasteiger charge is -2.17. The van der Waals surface area contributed by atoms with Crippen molar-refractivity contribution in [2.24, 2.45) is 0 Å². The lowest BCUT2D eigenvalue weighted by atomic mass is 10.2. The molecule has 1 aliphatic rings. The number of carbonyl (C=O) groups is 1. The van der Waals surface area contributed by atoms with Crippen LogP contribution in [0.15, 0.2) is 42.5 Å². The Morgan fingerprint density at radius 2 is 1.73 bits per heavy atom. The number of nitrogens with zero attached hydrogens (tertiary/aromatic N) is 1. The molecule has 2 aromatic carbocycles. The predicted molar refractivity (Wildman–Crippen MR) is 99.7 cm³/mol. The fraction of sp³-hybridized carbons (Fsp3) is 0.278. The van der Waals surface area contributed by atoms with Crippen LogP contribution in [0.4, 0.5) is 11.4 Å². The Balaban J connectivity index is 1.74. The maximum absolute atomic E-state index is 12.4. The van der Waals surface area contributed by atoms with Gasteiger partial charge < -0.3 is 14.8 Å². The summed E-state index contributed by atoms with van der Waals surface area (Å²) < 4.78 is 35.7. The molecule has 1 amide bonds. The van der Waals surface area contributed by atoms with E-state index in [0.717, 1.165) is 0 Å². The molecule has 0 bridgehead atoms. The molecule has 1 saturated heterocycles. The van der Waals surface area contributed by atoms with E-state index in [-0.39, 0.29) is 11.7 Å². The van der Waals surface area contributed by atoms with E-state index >= 15 is 0 Å². The molecule has 0 atom stereocenters. The molecule has 8 heteroatoms. The molecule has 1 N–H and O–H groups in total. The minimum Gasteiger partial charge on any atom is -0.493 e. The largest absolute Gasteiger partial charge is 0.493 e. The number of sulfonamides is 1. The van der Waals surface area contributed by atoms with Crippen molar-refractivity contribution in [2.75, 3.05) is 36.1 Å². The van der Waals surface area contributed by atoms with E-state index in [0.29, 0.717) is 41.4 Å². The summed E-state index contributed by atoms with van der Waals surface area (Å²) in [4.78, 5) is 12.4. The van der Waals surface area contributed by atoms with Gasteiger partial charge >= 0.3 is 0 Å². The standard InChI is InChI=1S/C18H20N2O5S/c1-24-16-9-6-14(12-17(16)25-2)19-18(21)13-4-7-15(8-5-13)20-10-3-11-26(20,22)23/h4-9,12H,3,10-11H2,1-2H3,(H,19,21). The number of ether oxygens (including phenoxy) is 2. The first kappa shape index (κ1) is 18.1. The summed E-state index contributed by atoms with van der Waals surface area (Å²) in [7, 11) is -0.167. The third-order valence-corrected chi connectivity index (χ3v) is 6.03. The van der Waals surface area contributed by atoms with Crippen LogP contribution in [0.5, 0.6) is 11.5 Å². The topological polar surface area (TPSA) is 84.9 Å². The molecule has 0 saturated carbocycles. The number of benzene rings is 2. The van der Waals surface area contributed by atoms with Gasteiger partial charge in [0.2, 0.25) is 10.0 Å². The van der Waals surface area contributed by atoms with Crippen LogP contribution < -0.4 is 19.1 Å². The van der Waals surface area contributed by atoms with Gasteiger partial charge in [-0.1, -0.05) is 0 Å². The Labute approximate surface area is 152 Å². The van der Waals surface area contributed by atoms with Crippen LogP contribution in [0.1, 0.15) is 16.8 Å². The highest BCUT2D eigenvalue weighted by molar-refractivity contribution is 7.93. The average molecular weight is 376 g/mol. The van der Waals surface area contributed by atoms with E-state index in [1.54, 1.807) is 42.5 Å². The lowest BCUT2D eigenvalue weighted by Crippen LogP contribution is -2.25. The number of rotatable bonds is 5. The van der Waals surface area contributed by atoms with Crippen molar-refractivity contribution in [1.82, 2.24) is 0 Å². The Morgan fingerprint density at radius 3 is 2.31 bits per heavy atom. The van der Waals surface area contributed by atoms with Gasteiger partial charge in [0.15, 0.2) is 11.5 Å². The van der Waals surface area contributed by atoms with Gasteiger partial charge in [-0.25, -0.2) is 8.42 Å². The zero-order valence-corrected chi connectivity index (χ0v) is 15.4. The van der Waals surface area contributed by atoms with Crippen LogP contribution in [0, 0.1) is 0 Å². The summed E-state index contributed by atoms with van der Waals surface area (Å²) in [6.45, 7) is 0.472. The minimum atomic E-state index is -3.23. The number of anilines is 2.